The molecule has 2 amide bonds. The molecule has 6 heteroatoms. The molecule has 0 aliphatic heterocycles. The Balaban J connectivity index is 1.35. The number of fused-ring (bicyclic) bond motifs is 1. The van der Waals surface area contributed by atoms with Gasteiger partial charge in [0.25, 0.3) is 5.91 Å². The summed E-state index contributed by atoms with van der Waals surface area (Å²) in [5, 5.41) is 7.53. The van der Waals surface area contributed by atoms with Crippen LogP contribution in [-0.4, -0.2) is 31.5 Å². The van der Waals surface area contributed by atoms with Crippen LogP contribution in [0.15, 0.2) is 66.7 Å². The largest absolute Gasteiger partial charge is 0.492 e. The van der Waals surface area contributed by atoms with E-state index in [0.29, 0.717) is 17.9 Å². The Kier molecular flexibility index (Phi) is 6.57. The standard InChI is InChI=1S/C22H21FN2O3/c23-19-7-9-20(10-8-19)28-14-13-24-21(26)11-12-25-22(27)18-6-5-16-3-1-2-4-17(16)15-18/h1-10,15H,11-14H2,(H,24,26)(H,25,27). The molecule has 0 saturated carbocycles. The summed E-state index contributed by atoms with van der Waals surface area (Å²) < 4.78 is 18.2. The van der Waals surface area contributed by atoms with E-state index in [-0.39, 0.29) is 37.2 Å². The first kappa shape index (κ1) is 19.4. The van der Waals surface area contributed by atoms with Crippen LogP contribution < -0.4 is 15.4 Å². The molecule has 0 aliphatic rings. The van der Waals surface area contributed by atoms with Gasteiger partial charge < -0.3 is 15.4 Å². The Labute approximate surface area is 162 Å². The van der Waals surface area contributed by atoms with Crippen LogP contribution in [0.1, 0.15) is 16.8 Å². The van der Waals surface area contributed by atoms with Gasteiger partial charge in [-0.05, 0) is 47.2 Å². The van der Waals surface area contributed by atoms with E-state index in [4.69, 9.17) is 4.74 Å². The Hall–Kier alpha value is -3.41. The maximum Gasteiger partial charge on any atom is 0.251 e. The van der Waals surface area contributed by atoms with Gasteiger partial charge >= 0.3 is 0 Å². The molecular formula is C22H21FN2O3. The monoisotopic (exact) mass is 380 g/mol. The lowest BCUT2D eigenvalue weighted by Gasteiger charge is -2.09. The zero-order chi connectivity index (χ0) is 19.8. The lowest BCUT2D eigenvalue weighted by atomic mass is 10.1. The van der Waals surface area contributed by atoms with Crippen LogP contribution in [0.3, 0.4) is 0 Å². The van der Waals surface area contributed by atoms with Gasteiger partial charge in [-0.2, -0.15) is 0 Å². The van der Waals surface area contributed by atoms with Crippen molar-refractivity contribution in [2.24, 2.45) is 0 Å². The van der Waals surface area contributed by atoms with Crippen molar-refractivity contribution in [1.29, 1.82) is 0 Å². The van der Waals surface area contributed by atoms with E-state index >= 15 is 0 Å². The van der Waals surface area contributed by atoms with Crippen molar-refractivity contribution in [3.63, 3.8) is 0 Å². The van der Waals surface area contributed by atoms with E-state index in [1.54, 1.807) is 6.07 Å². The van der Waals surface area contributed by atoms with Crippen molar-refractivity contribution in [3.8, 4) is 5.75 Å². The fourth-order valence-corrected chi connectivity index (χ4v) is 2.70. The first-order valence-corrected chi connectivity index (χ1v) is 9.04. The third kappa shape index (κ3) is 5.54. The van der Waals surface area contributed by atoms with E-state index in [1.165, 1.54) is 24.3 Å². The molecule has 3 aromatic carbocycles. The zero-order valence-corrected chi connectivity index (χ0v) is 15.3. The highest BCUT2D eigenvalue weighted by Gasteiger charge is 2.07. The number of nitrogens with one attached hydrogen (secondary N) is 2. The number of amides is 2. The van der Waals surface area contributed by atoms with Gasteiger partial charge in [-0.25, -0.2) is 4.39 Å². The summed E-state index contributed by atoms with van der Waals surface area (Å²) in [7, 11) is 0. The molecule has 0 unspecified atom stereocenters. The predicted octanol–water partition coefficient (Wildman–Crippen LogP) is 3.29. The van der Waals surface area contributed by atoms with E-state index in [9.17, 15) is 14.0 Å². The molecule has 144 valence electrons. The molecule has 5 nitrogen and oxygen atoms in total. The van der Waals surface area contributed by atoms with Crippen molar-refractivity contribution in [2.45, 2.75) is 6.42 Å². The number of rotatable bonds is 8. The summed E-state index contributed by atoms with van der Waals surface area (Å²) in [5.74, 6) is -0.176. The molecule has 0 spiro atoms. The summed E-state index contributed by atoms with van der Waals surface area (Å²) in [6.45, 7) is 0.853. The van der Waals surface area contributed by atoms with Gasteiger partial charge in [0.1, 0.15) is 18.2 Å². The molecule has 0 aliphatic carbocycles. The fourth-order valence-electron chi connectivity index (χ4n) is 2.70. The quantitative estimate of drug-likeness (QED) is 0.589. The van der Waals surface area contributed by atoms with Crippen molar-refractivity contribution in [1.82, 2.24) is 10.6 Å². The lowest BCUT2D eigenvalue weighted by Crippen LogP contribution is -2.32. The van der Waals surface area contributed by atoms with Crippen LogP contribution >= 0.6 is 0 Å². The molecule has 0 fully saturated rings. The molecule has 0 atom stereocenters. The Bertz CT molecular complexity index is 957. The first-order valence-electron chi connectivity index (χ1n) is 9.04. The topological polar surface area (TPSA) is 67.4 Å². The summed E-state index contributed by atoms with van der Waals surface area (Å²) in [6, 6.07) is 19.0. The maximum atomic E-state index is 12.8. The second-order valence-electron chi connectivity index (χ2n) is 6.22. The predicted molar refractivity (Wildman–Crippen MR) is 106 cm³/mol. The molecular weight excluding hydrogens is 359 g/mol. The molecule has 0 bridgehead atoms. The highest BCUT2D eigenvalue weighted by molar-refractivity contribution is 5.98. The molecule has 2 N–H and O–H groups in total. The van der Waals surface area contributed by atoms with E-state index in [2.05, 4.69) is 10.6 Å². The van der Waals surface area contributed by atoms with Crippen LogP contribution in [0.2, 0.25) is 0 Å². The Morgan fingerprint density at radius 3 is 2.39 bits per heavy atom. The van der Waals surface area contributed by atoms with Crippen molar-refractivity contribution >= 4 is 22.6 Å². The summed E-state index contributed by atoms with van der Waals surface area (Å²) in [4.78, 5) is 24.0. The number of carbonyl (C=O) groups is 2. The van der Waals surface area contributed by atoms with Gasteiger partial charge in [-0.1, -0.05) is 30.3 Å². The van der Waals surface area contributed by atoms with Gasteiger partial charge in [-0.3, -0.25) is 9.59 Å². The van der Waals surface area contributed by atoms with Gasteiger partial charge in [0.15, 0.2) is 0 Å². The summed E-state index contributed by atoms with van der Waals surface area (Å²) in [6.07, 6.45) is 0.176. The van der Waals surface area contributed by atoms with E-state index < -0.39 is 0 Å². The van der Waals surface area contributed by atoms with E-state index in [0.717, 1.165) is 10.8 Å². The fraction of sp³-hybridized carbons (Fsp3) is 0.182. The van der Waals surface area contributed by atoms with Crippen LogP contribution in [0, 0.1) is 5.82 Å². The first-order chi connectivity index (χ1) is 13.6. The van der Waals surface area contributed by atoms with Crippen LogP contribution in [-0.2, 0) is 4.79 Å². The van der Waals surface area contributed by atoms with Gasteiger partial charge in [0.2, 0.25) is 5.91 Å². The Morgan fingerprint density at radius 2 is 1.61 bits per heavy atom. The normalized spacial score (nSPS) is 10.5. The number of hydrogen-bond acceptors (Lipinski definition) is 3. The van der Waals surface area contributed by atoms with Gasteiger partial charge in [-0.15, -0.1) is 0 Å². The third-order valence-electron chi connectivity index (χ3n) is 4.16. The van der Waals surface area contributed by atoms with Gasteiger partial charge in [0.05, 0.1) is 6.54 Å². The molecule has 0 saturated heterocycles. The van der Waals surface area contributed by atoms with Crippen LogP contribution in [0.5, 0.6) is 5.75 Å². The van der Waals surface area contributed by atoms with E-state index in [1.807, 2.05) is 36.4 Å². The minimum absolute atomic E-state index is 0.176. The van der Waals surface area contributed by atoms with Crippen molar-refractivity contribution in [3.05, 3.63) is 78.1 Å². The lowest BCUT2D eigenvalue weighted by molar-refractivity contribution is -0.121. The molecule has 0 heterocycles. The SMILES string of the molecule is O=C(CCNC(=O)c1ccc2ccccc2c1)NCCOc1ccc(F)cc1. The molecule has 0 radical (unpaired) electrons. The van der Waals surface area contributed by atoms with Gasteiger partial charge in [0, 0.05) is 18.5 Å². The number of carbonyl (C=O) groups excluding carboxylic acids is 2. The van der Waals surface area contributed by atoms with Crippen molar-refractivity contribution in [2.75, 3.05) is 19.7 Å². The maximum absolute atomic E-state index is 12.8. The van der Waals surface area contributed by atoms with Crippen molar-refractivity contribution < 1.29 is 18.7 Å². The number of benzene rings is 3. The molecule has 3 rings (SSSR count). The summed E-state index contributed by atoms with van der Waals surface area (Å²) >= 11 is 0. The number of ether oxygens (including phenoxy) is 1. The van der Waals surface area contributed by atoms with Crippen LogP contribution in [0.25, 0.3) is 10.8 Å². The molecule has 3 aromatic rings. The minimum Gasteiger partial charge on any atom is -0.492 e. The smallest absolute Gasteiger partial charge is 0.251 e. The highest BCUT2D eigenvalue weighted by Crippen LogP contribution is 2.15. The third-order valence-corrected chi connectivity index (χ3v) is 4.16. The average molecular weight is 380 g/mol. The average Bonchev–Trinajstić information content (AvgIpc) is 2.72. The second-order valence-corrected chi connectivity index (χ2v) is 6.22. The minimum atomic E-state index is -0.327. The second kappa shape index (κ2) is 9.50. The molecule has 0 aromatic heterocycles. The molecule has 28 heavy (non-hydrogen) atoms. The zero-order valence-electron chi connectivity index (χ0n) is 15.3. The highest BCUT2D eigenvalue weighted by atomic mass is 19.1. The summed E-state index contributed by atoms with van der Waals surface area (Å²) in [5.41, 5.74) is 0.562. The van der Waals surface area contributed by atoms with Crippen LogP contribution in [0.4, 0.5) is 4.39 Å². The number of halogens is 1. The Morgan fingerprint density at radius 1 is 0.857 bits per heavy atom. The number of hydrogen-bond donors (Lipinski definition) is 2.